The number of carbonyl (C=O) groups excluding carboxylic acids is 2. The van der Waals surface area contributed by atoms with E-state index < -0.39 is 17.7 Å². The lowest BCUT2D eigenvalue weighted by molar-refractivity contribution is -0.140. The Balaban J connectivity index is 2.19. The minimum Gasteiger partial charge on any atom is -0.507 e. The standard InChI is InChI=1S/C27H33NO7/c1-6-35-22-15-17(8-10-20(22)29)24-23(26(31)27(32)28(24)12-7-13-33-4)25(30)18-9-11-21(34-5)19(14-18)16(2)3/h8-11,14-16,24,29-30H,6-7,12-13H2,1-5H3/b25-23+. The molecule has 0 radical (unpaired) electrons. The van der Waals surface area contributed by atoms with E-state index in [-0.39, 0.29) is 35.3 Å². The maximum atomic E-state index is 13.2. The van der Waals surface area contributed by atoms with Crippen LogP contribution in [0, 0.1) is 0 Å². The number of ether oxygens (including phenoxy) is 3. The molecule has 0 saturated carbocycles. The predicted molar refractivity (Wildman–Crippen MR) is 132 cm³/mol. The summed E-state index contributed by atoms with van der Waals surface area (Å²) in [7, 11) is 3.14. The fourth-order valence-electron chi connectivity index (χ4n) is 4.30. The molecule has 0 aromatic heterocycles. The molecule has 0 spiro atoms. The van der Waals surface area contributed by atoms with Crippen molar-refractivity contribution in [2.24, 2.45) is 0 Å². The zero-order valence-electron chi connectivity index (χ0n) is 20.8. The summed E-state index contributed by atoms with van der Waals surface area (Å²) in [6.07, 6.45) is 0.510. The number of phenolic OH excluding ortho intramolecular Hbond substituents is 1. The largest absolute Gasteiger partial charge is 0.507 e. The summed E-state index contributed by atoms with van der Waals surface area (Å²) in [4.78, 5) is 27.7. The minimum absolute atomic E-state index is 0.0135. The lowest BCUT2D eigenvalue weighted by Crippen LogP contribution is -2.31. The molecule has 8 heteroatoms. The molecule has 188 valence electrons. The topological polar surface area (TPSA) is 106 Å². The number of aliphatic hydroxyl groups is 1. The summed E-state index contributed by atoms with van der Waals surface area (Å²) in [6.45, 7) is 6.79. The van der Waals surface area contributed by atoms with Crippen LogP contribution < -0.4 is 9.47 Å². The van der Waals surface area contributed by atoms with Crippen LogP contribution in [0.4, 0.5) is 0 Å². The van der Waals surface area contributed by atoms with E-state index >= 15 is 0 Å². The van der Waals surface area contributed by atoms with Gasteiger partial charge in [-0.05, 0) is 60.7 Å². The lowest BCUT2D eigenvalue weighted by Gasteiger charge is -2.26. The molecule has 1 aliphatic rings. The van der Waals surface area contributed by atoms with E-state index in [4.69, 9.17) is 14.2 Å². The van der Waals surface area contributed by atoms with Gasteiger partial charge in [-0.3, -0.25) is 9.59 Å². The summed E-state index contributed by atoms with van der Waals surface area (Å²) >= 11 is 0. The highest BCUT2D eigenvalue weighted by Gasteiger charge is 2.46. The summed E-state index contributed by atoms with van der Waals surface area (Å²) in [5.74, 6) is -0.765. The molecular weight excluding hydrogens is 450 g/mol. The smallest absolute Gasteiger partial charge is 0.295 e. The van der Waals surface area contributed by atoms with E-state index in [0.717, 1.165) is 5.56 Å². The minimum atomic E-state index is -0.851. The number of aromatic hydroxyl groups is 1. The van der Waals surface area contributed by atoms with Crippen molar-refractivity contribution in [1.82, 2.24) is 4.90 Å². The SMILES string of the molecule is CCOc1cc(C2/C(=C(\O)c3ccc(OC)c(C(C)C)c3)C(=O)C(=O)N2CCCOC)ccc1O. The molecule has 1 atom stereocenters. The molecule has 2 aromatic rings. The number of likely N-dealkylation sites (tertiary alicyclic amines) is 1. The fraction of sp³-hybridized carbons (Fsp3) is 0.407. The Morgan fingerprint density at radius 3 is 2.46 bits per heavy atom. The summed E-state index contributed by atoms with van der Waals surface area (Å²) in [6, 6.07) is 9.00. The lowest BCUT2D eigenvalue weighted by atomic mass is 9.93. The number of methoxy groups -OCH3 is 2. The Morgan fingerprint density at radius 2 is 1.83 bits per heavy atom. The van der Waals surface area contributed by atoms with E-state index in [1.807, 2.05) is 13.8 Å². The number of ketones is 1. The van der Waals surface area contributed by atoms with E-state index in [0.29, 0.717) is 36.5 Å². The second kappa shape index (κ2) is 11.3. The fourth-order valence-corrected chi connectivity index (χ4v) is 4.30. The molecular formula is C27H33NO7. The Hall–Kier alpha value is -3.52. The number of rotatable bonds is 10. The van der Waals surface area contributed by atoms with Crippen LogP contribution in [-0.2, 0) is 14.3 Å². The number of hydrogen-bond acceptors (Lipinski definition) is 7. The molecule has 2 aromatic carbocycles. The zero-order chi connectivity index (χ0) is 25.7. The first-order chi connectivity index (χ1) is 16.7. The van der Waals surface area contributed by atoms with Crippen LogP contribution >= 0.6 is 0 Å². The van der Waals surface area contributed by atoms with E-state index in [1.54, 1.807) is 51.5 Å². The van der Waals surface area contributed by atoms with Crippen molar-refractivity contribution >= 4 is 17.4 Å². The van der Waals surface area contributed by atoms with Crippen LogP contribution in [0.5, 0.6) is 17.2 Å². The van der Waals surface area contributed by atoms with E-state index in [1.165, 1.54) is 11.0 Å². The predicted octanol–water partition coefficient (Wildman–Crippen LogP) is 4.38. The maximum absolute atomic E-state index is 13.2. The normalized spacial score (nSPS) is 17.3. The van der Waals surface area contributed by atoms with Crippen molar-refractivity contribution in [3.05, 3.63) is 58.7 Å². The number of benzene rings is 2. The van der Waals surface area contributed by atoms with Gasteiger partial charge in [-0.15, -0.1) is 0 Å². The number of phenols is 1. The van der Waals surface area contributed by atoms with Gasteiger partial charge >= 0.3 is 0 Å². The molecule has 1 amide bonds. The number of hydrogen-bond donors (Lipinski definition) is 2. The molecule has 35 heavy (non-hydrogen) atoms. The number of Topliss-reactive ketones (excluding diaryl/α,β-unsaturated/α-hetero) is 1. The maximum Gasteiger partial charge on any atom is 0.295 e. The molecule has 0 aliphatic carbocycles. The quantitative estimate of drug-likeness (QED) is 0.224. The first kappa shape index (κ1) is 26.1. The third kappa shape index (κ3) is 5.27. The van der Waals surface area contributed by atoms with E-state index in [9.17, 15) is 19.8 Å². The van der Waals surface area contributed by atoms with Gasteiger partial charge in [-0.1, -0.05) is 19.9 Å². The number of amides is 1. The highest BCUT2D eigenvalue weighted by molar-refractivity contribution is 6.46. The van der Waals surface area contributed by atoms with Gasteiger partial charge in [-0.25, -0.2) is 0 Å². The van der Waals surface area contributed by atoms with Gasteiger partial charge in [0.2, 0.25) is 0 Å². The molecule has 1 saturated heterocycles. The molecule has 1 unspecified atom stereocenters. The van der Waals surface area contributed by atoms with Gasteiger partial charge in [0.15, 0.2) is 11.5 Å². The zero-order valence-corrected chi connectivity index (χ0v) is 20.8. The highest BCUT2D eigenvalue weighted by Crippen LogP contribution is 2.42. The van der Waals surface area contributed by atoms with Crippen molar-refractivity contribution in [3.63, 3.8) is 0 Å². The molecule has 0 bridgehead atoms. The van der Waals surface area contributed by atoms with Crippen LogP contribution in [0.25, 0.3) is 5.76 Å². The van der Waals surface area contributed by atoms with E-state index in [2.05, 4.69) is 0 Å². The van der Waals surface area contributed by atoms with Gasteiger partial charge in [0.1, 0.15) is 11.5 Å². The highest BCUT2D eigenvalue weighted by atomic mass is 16.5. The first-order valence-corrected chi connectivity index (χ1v) is 11.7. The Kier molecular flexibility index (Phi) is 8.40. The molecule has 1 fully saturated rings. The van der Waals surface area contributed by atoms with Gasteiger partial charge in [0.05, 0.1) is 25.3 Å². The van der Waals surface area contributed by atoms with Crippen LogP contribution in [0.2, 0.25) is 0 Å². The van der Waals surface area contributed by atoms with Crippen molar-refractivity contribution in [3.8, 4) is 17.2 Å². The van der Waals surface area contributed by atoms with Gasteiger partial charge in [-0.2, -0.15) is 0 Å². The molecule has 1 aliphatic heterocycles. The number of carbonyl (C=O) groups is 2. The van der Waals surface area contributed by atoms with Crippen LogP contribution in [0.1, 0.15) is 55.8 Å². The van der Waals surface area contributed by atoms with Gasteiger partial charge in [0, 0.05) is 25.8 Å². The van der Waals surface area contributed by atoms with Crippen molar-refractivity contribution in [2.75, 3.05) is 34.0 Å². The van der Waals surface area contributed by atoms with Crippen molar-refractivity contribution < 1.29 is 34.0 Å². The second-order valence-electron chi connectivity index (χ2n) is 8.61. The third-order valence-electron chi connectivity index (χ3n) is 6.01. The molecule has 8 nitrogen and oxygen atoms in total. The molecule has 1 heterocycles. The second-order valence-corrected chi connectivity index (χ2v) is 8.61. The van der Waals surface area contributed by atoms with Gasteiger partial charge < -0.3 is 29.3 Å². The summed E-state index contributed by atoms with van der Waals surface area (Å²) in [5.41, 5.74) is 1.81. The Bertz CT molecular complexity index is 1120. The average molecular weight is 484 g/mol. The van der Waals surface area contributed by atoms with Crippen LogP contribution in [-0.4, -0.2) is 60.8 Å². The molecule has 2 N–H and O–H groups in total. The van der Waals surface area contributed by atoms with Crippen molar-refractivity contribution in [1.29, 1.82) is 0 Å². The number of nitrogens with zero attached hydrogens (tertiary/aromatic N) is 1. The average Bonchev–Trinajstić information content (AvgIpc) is 3.09. The van der Waals surface area contributed by atoms with Gasteiger partial charge in [0.25, 0.3) is 11.7 Å². The molecule has 3 rings (SSSR count). The Labute approximate surface area is 205 Å². The summed E-state index contributed by atoms with van der Waals surface area (Å²) in [5, 5.41) is 21.5. The number of aliphatic hydroxyl groups excluding tert-OH is 1. The first-order valence-electron chi connectivity index (χ1n) is 11.7. The Morgan fingerprint density at radius 1 is 1.09 bits per heavy atom. The summed E-state index contributed by atoms with van der Waals surface area (Å²) < 4.78 is 16.1. The van der Waals surface area contributed by atoms with Crippen LogP contribution in [0.15, 0.2) is 42.0 Å². The van der Waals surface area contributed by atoms with Crippen LogP contribution in [0.3, 0.4) is 0 Å². The third-order valence-corrected chi connectivity index (χ3v) is 6.01. The monoisotopic (exact) mass is 483 g/mol. The van der Waals surface area contributed by atoms with Crippen molar-refractivity contribution in [2.45, 2.75) is 39.2 Å².